The van der Waals surface area contributed by atoms with Crippen molar-refractivity contribution < 1.29 is 9.53 Å². The number of nitrogens with zero attached hydrogens (tertiary/aromatic N) is 2. The van der Waals surface area contributed by atoms with Crippen LogP contribution in [0.1, 0.15) is 13.3 Å². The number of hydrogen-bond donors (Lipinski definition) is 1. The zero-order chi connectivity index (χ0) is 11.5. The molecule has 2 heterocycles. The fourth-order valence-corrected chi connectivity index (χ4v) is 2.37. The van der Waals surface area contributed by atoms with E-state index in [1.807, 2.05) is 11.8 Å². The van der Waals surface area contributed by atoms with Crippen molar-refractivity contribution in [3.63, 3.8) is 0 Å². The molecule has 2 fully saturated rings. The van der Waals surface area contributed by atoms with Crippen molar-refractivity contribution >= 4 is 5.91 Å². The fourth-order valence-electron chi connectivity index (χ4n) is 2.37. The number of amides is 1. The predicted octanol–water partition coefficient (Wildman–Crippen LogP) is -0.733. The Kier molecular flexibility index (Phi) is 3.78. The number of likely N-dealkylation sites (tertiary alicyclic amines) is 1. The molecule has 0 aromatic carbocycles. The lowest BCUT2D eigenvalue weighted by atomic mass is 10.2. The van der Waals surface area contributed by atoms with Crippen LogP contribution >= 0.6 is 0 Å². The van der Waals surface area contributed by atoms with Crippen LogP contribution in [-0.2, 0) is 9.53 Å². The standard InChI is InChI=1S/C11H21N3O2/c1-9(14-3-2-10(12)8-14)11(15)13-4-6-16-7-5-13/h9-10H,2-8,12H2,1H3/t9-,10-/m0/s1. The summed E-state index contributed by atoms with van der Waals surface area (Å²) in [6, 6.07) is 0.201. The van der Waals surface area contributed by atoms with Gasteiger partial charge < -0.3 is 15.4 Å². The first-order valence-corrected chi connectivity index (χ1v) is 6.04. The summed E-state index contributed by atoms with van der Waals surface area (Å²) in [4.78, 5) is 16.3. The molecule has 2 rings (SSSR count). The van der Waals surface area contributed by atoms with E-state index < -0.39 is 0 Å². The Labute approximate surface area is 96.5 Å². The van der Waals surface area contributed by atoms with Crippen LogP contribution in [0, 0.1) is 0 Å². The molecule has 0 aromatic heterocycles. The number of carbonyl (C=O) groups is 1. The lowest BCUT2D eigenvalue weighted by molar-refractivity contribution is -0.140. The van der Waals surface area contributed by atoms with Crippen LogP contribution in [-0.4, -0.2) is 67.2 Å². The normalized spacial score (nSPS) is 29.4. The molecule has 0 aromatic rings. The molecule has 0 spiro atoms. The minimum Gasteiger partial charge on any atom is -0.378 e. The van der Waals surface area contributed by atoms with Gasteiger partial charge in [-0.2, -0.15) is 0 Å². The SMILES string of the molecule is C[C@@H](C(=O)N1CCOCC1)N1CC[C@H](N)C1. The molecule has 2 aliphatic rings. The molecular weight excluding hydrogens is 206 g/mol. The number of hydrogen-bond acceptors (Lipinski definition) is 4. The van der Waals surface area contributed by atoms with Gasteiger partial charge in [-0.3, -0.25) is 9.69 Å². The number of rotatable bonds is 2. The second-order valence-corrected chi connectivity index (χ2v) is 4.66. The van der Waals surface area contributed by atoms with Crippen LogP contribution < -0.4 is 5.73 Å². The van der Waals surface area contributed by atoms with Crippen molar-refractivity contribution in [2.75, 3.05) is 39.4 Å². The van der Waals surface area contributed by atoms with E-state index in [2.05, 4.69) is 4.90 Å². The third-order valence-electron chi connectivity index (χ3n) is 3.48. The maximum atomic E-state index is 12.2. The molecule has 5 nitrogen and oxygen atoms in total. The molecule has 2 atom stereocenters. The summed E-state index contributed by atoms with van der Waals surface area (Å²) in [5, 5.41) is 0. The second-order valence-electron chi connectivity index (χ2n) is 4.66. The van der Waals surface area contributed by atoms with E-state index in [1.165, 1.54) is 0 Å². The molecule has 0 saturated carbocycles. The third-order valence-corrected chi connectivity index (χ3v) is 3.48. The van der Waals surface area contributed by atoms with Crippen LogP contribution in [0.25, 0.3) is 0 Å². The first-order valence-electron chi connectivity index (χ1n) is 6.04. The summed E-state index contributed by atoms with van der Waals surface area (Å²) >= 11 is 0. The number of carbonyl (C=O) groups excluding carboxylic acids is 1. The molecule has 92 valence electrons. The van der Waals surface area contributed by atoms with Gasteiger partial charge >= 0.3 is 0 Å². The van der Waals surface area contributed by atoms with Gasteiger partial charge in [0.2, 0.25) is 5.91 Å². The summed E-state index contributed by atoms with van der Waals surface area (Å²) in [7, 11) is 0. The van der Waals surface area contributed by atoms with Crippen LogP contribution in [0.3, 0.4) is 0 Å². The minimum atomic E-state index is -0.0355. The van der Waals surface area contributed by atoms with Crippen LogP contribution in [0.15, 0.2) is 0 Å². The van der Waals surface area contributed by atoms with E-state index in [4.69, 9.17) is 10.5 Å². The van der Waals surface area contributed by atoms with Gasteiger partial charge in [-0.15, -0.1) is 0 Å². The Morgan fingerprint density at radius 1 is 1.38 bits per heavy atom. The average molecular weight is 227 g/mol. The van der Waals surface area contributed by atoms with Crippen molar-refractivity contribution in [1.29, 1.82) is 0 Å². The van der Waals surface area contributed by atoms with Gasteiger partial charge in [0.1, 0.15) is 0 Å². The quantitative estimate of drug-likeness (QED) is 0.675. The van der Waals surface area contributed by atoms with Crippen molar-refractivity contribution in [1.82, 2.24) is 9.80 Å². The summed E-state index contributed by atoms with van der Waals surface area (Å²) in [5.74, 6) is 0.220. The number of ether oxygens (including phenoxy) is 1. The zero-order valence-electron chi connectivity index (χ0n) is 9.89. The van der Waals surface area contributed by atoms with E-state index in [0.717, 1.165) is 32.6 Å². The van der Waals surface area contributed by atoms with Gasteiger partial charge in [0, 0.05) is 32.2 Å². The molecule has 5 heteroatoms. The smallest absolute Gasteiger partial charge is 0.239 e. The molecule has 0 aliphatic carbocycles. The Morgan fingerprint density at radius 2 is 2.06 bits per heavy atom. The minimum absolute atomic E-state index is 0.0355. The van der Waals surface area contributed by atoms with Gasteiger partial charge in [-0.1, -0.05) is 0 Å². The maximum absolute atomic E-state index is 12.2. The Hall–Kier alpha value is -0.650. The molecule has 1 amide bonds. The van der Waals surface area contributed by atoms with Crippen molar-refractivity contribution in [2.45, 2.75) is 25.4 Å². The molecular formula is C11H21N3O2. The highest BCUT2D eigenvalue weighted by Crippen LogP contribution is 2.13. The molecule has 2 saturated heterocycles. The lowest BCUT2D eigenvalue weighted by Crippen LogP contribution is -2.50. The topological polar surface area (TPSA) is 58.8 Å². The largest absolute Gasteiger partial charge is 0.378 e. The summed E-state index contributed by atoms with van der Waals surface area (Å²) in [6.07, 6.45) is 1.00. The van der Waals surface area contributed by atoms with Crippen molar-refractivity contribution in [3.8, 4) is 0 Å². The average Bonchev–Trinajstić information content (AvgIpc) is 2.75. The highest BCUT2D eigenvalue weighted by molar-refractivity contribution is 5.81. The monoisotopic (exact) mass is 227 g/mol. The van der Waals surface area contributed by atoms with Crippen LogP contribution in [0.4, 0.5) is 0 Å². The zero-order valence-corrected chi connectivity index (χ0v) is 9.89. The van der Waals surface area contributed by atoms with Crippen LogP contribution in [0.2, 0.25) is 0 Å². The van der Waals surface area contributed by atoms with Gasteiger partial charge in [0.05, 0.1) is 19.3 Å². The first-order chi connectivity index (χ1) is 7.68. The molecule has 0 unspecified atom stereocenters. The van der Waals surface area contributed by atoms with Gasteiger partial charge in [-0.05, 0) is 13.3 Å². The Morgan fingerprint density at radius 3 is 2.62 bits per heavy atom. The molecule has 16 heavy (non-hydrogen) atoms. The molecule has 2 N–H and O–H groups in total. The molecule has 2 aliphatic heterocycles. The second kappa shape index (κ2) is 5.12. The first kappa shape index (κ1) is 11.8. The van der Waals surface area contributed by atoms with Crippen molar-refractivity contribution in [2.24, 2.45) is 5.73 Å². The van der Waals surface area contributed by atoms with E-state index in [0.29, 0.717) is 13.2 Å². The van der Waals surface area contributed by atoms with E-state index in [-0.39, 0.29) is 18.0 Å². The molecule has 0 bridgehead atoms. The summed E-state index contributed by atoms with van der Waals surface area (Å²) in [6.45, 7) is 6.55. The van der Waals surface area contributed by atoms with Gasteiger partial charge in [0.15, 0.2) is 0 Å². The highest BCUT2D eigenvalue weighted by atomic mass is 16.5. The third kappa shape index (κ3) is 2.53. The highest BCUT2D eigenvalue weighted by Gasteiger charge is 2.30. The lowest BCUT2D eigenvalue weighted by Gasteiger charge is -2.32. The maximum Gasteiger partial charge on any atom is 0.239 e. The Balaban J connectivity index is 1.88. The van der Waals surface area contributed by atoms with Crippen LogP contribution in [0.5, 0.6) is 0 Å². The van der Waals surface area contributed by atoms with E-state index in [9.17, 15) is 4.79 Å². The predicted molar refractivity (Wildman–Crippen MR) is 61.0 cm³/mol. The fraction of sp³-hybridized carbons (Fsp3) is 0.909. The summed E-state index contributed by atoms with van der Waals surface area (Å²) < 4.78 is 5.24. The Bertz CT molecular complexity index is 254. The summed E-state index contributed by atoms with van der Waals surface area (Å²) in [5.41, 5.74) is 5.85. The van der Waals surface area contributed by atoms with Crippen molar-refractivity contribution in [3.05, 3.63) is 0 Å². The van der Waals surface area contributed by atoms with E-state index in [1.54, 1.807) is 0 Å². The van der Waals surface area contributed by atoms with Gasteiger partial charge in [-0.25, -0.2) is 0 Å². The number of nitrogens with two attached hydrogens (primary N) is 1. The molecule has 0 radical (unpaired) electrons. The van der Waals surface area contributed by atoms with E-state index >= 15 is 0 Å². The number of morpholine rings is 1. The van der Waals surface area contributed by atoms with Gasteiger partial charge in [0.25, 0.3) is 0 Å².